The van der Waals surface area contributed by atoms with Gasteiger partial charge in [0.25, 0.3) is 0 Å². The summed E-state index contributed by atoms with van der Waals surface area (Å²) in [6.07, 6.45) is 2.44. The van der Waals surface area contributed by atoms with Crippen LogP contribution in [0.25, 0.3) is 5.52 Å². The van der Waals surface area contributed by atoms with Gasteiger partial charge in [0.2, 0.25) is 0 Å². The van der Waals surface area contributed by atoms with E-state index in [-0.39, 0.29) is 5.75 Å². The van der Waals surface area contributed by atoms with Crippen molar-refractivity contribution in [2.75, 3.05) is 7.11 Å². The van der Waals surface area contributed by atoms with Crippen LogP contribution in [0.4, 0.5) is 4.39 Å². The zero-order valence-corrected chi connectivity index (χ0v) is 10.8. The molecule has 1 N–H and O–H groups in total. The lowest BCUT2D eigenvalue weighted by molar-refractivity contribution is 0.221. The van der Waals surface area contributed by atoms with Crippen LogP contribution in [0.15, 0.2) is 48.8 Å². The number of nitrogens with zero attached hydrogens (tertiary/aromatic N) is 2. The largest absolute Gasteiger partial charge is 0.494 e. The number of benzene rings is 1. The molecule has 1 unspecified atom stereocenters. The molecule has 2 heterocycles. The Bertz CT molecular complexity index is 754. The van der Waals surface area contributed by atoms with Crippen LogP contribution in [0, 0.1) is 5.82 Å². The number of rotatable bonds is 3. The minimum Gasteiger partial charge on any atom is -0.494 e. The monoisotopic (exact) mass is 272 g/mol. The van der Waals surface area contributed by atoms with Crippen LogP contribution in [0.2, 0.25) is 0 Å². The van der Waals surface area contributed by atoms with Crippen LogP contribution in [0.1, 0.15) is 17.2 Å². The molecule has 4 nitrogen and oxygen atoms in total. The maximum absolute atomic E-state index is 13.7. The van der Waals surface area contributed by atoms with E-state index in [9.17, 15) is 9.50 Å². The maximum atomic E-state index is 13.7. The third-order valence-corrected chi connectivity index (χ3v) is 3.24. The first-order valence-electron chi connectivity index (χ1n) is 6.14. The first kappa shape index (κ1) is 12.6. The van der Waals surface area contributed by atoms with E-state index in [1.807, 2.05) is 18.2 Å². The molecule has 20 heavy (non-hydrogen) atoms. The normalized spacial score (nSPS) is 12.6. The molecule has 0 radical (unpaired) electrons. The molecular formula is C15H13FN2O2. The summed E-state index contributed by atoms with van der Waals surface area (Å²) in [5.41, 5.74) is 1.88. The molecule has 3 aromatic rings. The SMILES string of the molecule is COc1ccc(C(O)c2cnn3ccccc23)cc1F. The second-order valence-electron chi connectivity index (χ2n) is 4.43. The number of fused-ring (bicyclic) bond motifs is 1. The van der Waals surface area contributed by atoms with E-state index in [4.69, 9.17) is 4.74 Å². The van der Waals surface area contributed by atoms with Crippen molar-refractivity contribution in [1.82, 2.24) is 9.61 Å². The van der Waals surface area contributed by atoms with Crippen molar-refractivity contribution in [1.29, 1.82) is 0 Å². The van der Waals surface area contributed by atoms with Crippen LogP contribution < -0.4 is 4.74 Å². The number of methoxy groups -OCH3 is 1. The fraction of sp³-hybridized carbons (Fsp3) is 0.133. The van der Waals surface area contributed by atoms with E-state index >= 15 is 0 Å². The smallest absolute Gasteiger partial charge is 0.165 e. The lowest BCUT2D eigenvalue weighted by Gasteiger charge is -2.11. The molecule has 0 amide bonds. The van der Waals surface area contributed by atoms with Gasteiger partial charge in [0, 0.05) is 11.8 Å². The molecule has 5 heteroatoms. The summed E-state index contributed by atoms with van der Waals surface area (Å²) in [7, 11) is 1.40. The van der Waals surface area contributed by atoms with E-state index in [1.54, 1.807) is 23.0 Å². The Morgan fingerprint density at radius 1 is 1.30 bits per heavy atom. The molecule has 2 aromatic heterocycles. The molecular weight excluding hydrogens is 259 g/mol. The number of aliphatic hydroxyl groups excluding tert-OH is 1. The van der Waals surface area contributed by atoms with Gasteiger partial charge in [0.15, 0.2) is 11.6 Å². The zero-order chi connectivity index (χ0) is 14.1. The van der Waals surface area contributed by atoms with Gasteiger partial charge in [-0.2, -0.15) is 5.10 Å². The molecule has 0 aliphatic carbocycles. The Hall–Kier alpha value is -2.40. The first-order valence-corrected chi connectivity index (χ1v) is 6.14. The van der Waals surface area contributed by atoms with Crippen molar-refractivity contribution >= 4 is 5.52 Å². The van der Waals surface area contributed by atoms with Crippen molar-refractivity contribution in [2.45, 2.75) is 6.10 Å². The average molecular weight is 272 g/mol. The van der Waals surface area contributed by atoms with Gasteiger partial charge in [-0.1, -0.05) is 12.1 Å². The second kappa shape index (κ2) is 4.94. The summed E-state index contributed by atoms with van der Waals surface area (Å²) >= 11 is 0. The summed E-state index contributed by atoms with van der Waals surface area (Å²) in [6.45, 7) is 0. The molecule has 0 saturated carbocycles. The highest BCUT2D eigenvalue weighted by atomic mass is 19.1. The summed E-state index contributed by atoms with van der Waals surface area (Å²) < 4.78 is 20.2. The van der Waals surface area contributed by atoms with E-state index in [1.165, 1.54) is 19.2 Å². The Balaban J connectivity index is 2.04. The van der Waals surface area contributed by atoms with Crippen molar-refractivity contribution in [2.24, 2.45) is 0 Å². The summed E-state index contributed by atoms with van der Waals surface area (Å²) in [5, 5.41) is 14.6. The lowest BCUT2D eigenvalue weighted by Crippen LogP contribution is -2.00. The number of aliphatic hydroxyl groups is 1. The second-order valence-corrected chi connectivity index (χ2v) is 4.43. The van der Waals surface area contributed by atoms with Gasteiger partial charge >= 0.3 is 0 Å². The van der Waals surface area contributed by atoms with Crippen molar-refractivity contribution < 1.29 is 14.2 Å². The van der Waals surface area contributed by atoms with E-state index in [2.05, 4.69) is 5.10 Å². The summed E-state index contributed by atoms with van der Waals surface area (Å²) in [4.78, 5) is 0. The summed E-state index contributed by atoms with van der Waals surface area (Å²) in [5.74, 6) is -0.346. The quantitative estimate of drug-likeness (QED) is 0.797. The molecule has 3 rings (SSSR count). The predicted octanol–water partition coefficient (Wildman–Crippen LogP) is 2.56. The van der Waals surface area contributed by atoms with Gasteiger partial charge in [-0.25, -0.2) is 8.91 Å². The highest BCUT2D eigenvalue weighted by Crippen LogP contribution is 2.28. The van der Waals surface area contributed by atoms with Gasteiger partial charge in [-0.3, -0.25) is 0 Å². The summed E-state index contributed by atoms with van der Waals surface area (Å²) in [6, 6.07) is 9.98. The van der Waals surface area contributed by atoms with Crippen molar-refractivity contribution in [3.05, 3.63) is 65.7 Å². The molecule has 0 spiro atoms. The highest BCUT2D eigenvalue weighted by Gasteiger charge is 2.17. The van der Waals surface area contributed by atoms with Gasteiger partial charge in [-0.05, 0) is 29.8 Å². The molecule has 102 valence electrons. The van der Waals surface area contributed by atoms with Gasteiger partial charge in [0.1, 0.15) is 6.10 Å². The number of ether oxygens (including phenoxy) is 1. The molecule has 0 saturated heterocycles. The minimum absolute atomic E-state index is 0.154. The lowest BCUT2D eigenvalue weighted by atomic mass is 10.0. The first-order chi connectivity index (χ1) is 9.70. The fourth-order valence-electron chi connectivity index (χ4n) is 2.20. The molecule has 1 aromatic carbocycles. The predicted molar refractivity (Wildman–Crippen MR) is 72.2 cm³/mol. The molecule has 1 atom stereocenters. The number of halogens is 1. The molecule has 0 aliphatic heterocycles. The van der Waals surface area contributed by atoms with Gasteiger partial charge < -0.3 is 9.84 Å². The number of pyridine rings is 1. The third kappa shape index (κ3) is 2.02. The van der Waals surface area contributed by atoms with E-state index in [0.29, 0.717) is 11.1 Å². The molecule has 0 bridgehead atoms. The van der Waals surface area contributed by atoms with Crippen LogP contribution >= 0.6 is 0 Å². The van der Waals surface area contributed by atoms with Gasteiger partial charge in [0.05, 0.1) is 18.8 Å². The van der Waals surface area contributed by atoms with Crippen LogP contribution in [-0.4, -0.2) is 21.8 Å². The highest BCUT2D eigenvalue weighted by molar-refractivity contribution is 5.56. The van der Waals surface area contributed by atoms with Crippen molar-refractivity contribution in [3.8, 4) is 5.75 Å². The Morgan fingerprint density at radius 3 is 2.90 bits per heavy atom. The van der Waals surface area contributed by atoms with E-state index in [0.717, 1.165) is 5.52 Å². The Kier molecular flexibility index (Phi) is 3.12. The maximum Gasteiger partial charge on any atom is 0.165 e. The van der Waals surface area contributed by atoms with Crippen LogP contribution in [0.5, 0.6) is 5.75 Å². The molecule has 0 fully saturated rings. The topological polar surface area (TPSA) is 46.8 Å². The fourth-order valence-corrected chi connectivity index (χ4v) is 2.20. The van der Waals surface area contributed by atoms with Gasteiger partial charge in [-0.15, -0.1) is 0 Å². The zero-order valence-electron chi connectivity index (χ0n) is 10.8. The van der Waals surface area contributed by atoms with Crippen LogP contribution in [-0.2, 0) is 0 Å². The van der Waals surface area contributed by atoms with E-state index < -0.39 is 11.9 Å². The molecule has 0 aliphatic rings. The number of hydrogen-bond donors (Lipinski definition) is 1. The van der Waals surface area contributed by atoms with Crippen molar-refractivity contribution in [3.63, 3.8) is 0 Å². The average Bonchev–Trinajstić information content (AvgIpc) is 2.90. The third-order valence-electron chi connectivity index (χ3n) is 3.24. The Labute approximate surface area is 115 Å². The standard InChI is InChI=1S/C15H13FN2O2/c1-20-14-6-5-10(8-12(14)16)15(19)11-9-17-18-7-3-2-4-13(11)18/h2-9,15,19H,1H3. The van der Waals surface area contributed by atoms with Crippen LogP contribution in [0.3, 0.4) is 0 Å². The number of hydrogen-bond acceptors (Lipinski definition) is 3. The minimum atomic E-state index is -0.935. The number of aromatic nitrogens is 2. The Morgan fingerprint density at radius 2 is 2.15 bits per heavy atom.